The van der Waals surface area contributed by atoms with E-state index >= 15 is 0 Å². The van der Waals surface area contributed by atoms with Crippen molar-refractivity contribution in [3.63, 3.8) is 0 Å². The predicted octanol–water partition coefficient (Wildman–Crippen LogP) is -0.575. The summed E-state index contributed by atoms with van der Waals surface area (Å²) in [5.41, 5.74) is 2.07. The van der Waals surface area contributed by atoms with Crippen molar-refractivity contribution in [2.45, 2.75) is 49.7 Å². The van der Waals surface area contributed by atoms with E-state index in [1.807, 2.05) is 0 Å². The SMILES string of the molecule is O=C(NOCC1CCCCN1)C1CC(F)(F)C2CN1C(=O)N2OS(=O)(=O)O. The highest BCUT2D eigenvalue weighted by Crippen LogP contribution is 2.41. The molecule has 3 heterocycles. The Bertz CT molecular complexity index is 701. The minimum Gasteiger partial charge on any atom is -0.312 e. The molecule has 3 rings (SSSR count). The van der Waals surface area contributed by atoms with Gasteiger partial charge in [0.2, 0.25) is 0 Å². The number of rotatable bonds is 6. The zero-order valence-electron chi connectivity index (χ0n) is 14.1. The fraction of sp³-hybridized carbons (Fsp3) is 0.846. The number of hydroxylamine groups is 3. The van der Waals surface area contributed by atoms with Crippen LogP contribution in [0.1, 0.15) is 25.7 Å². The van der Waals surface area contributed by atoms with E-state index < -0.39 is 53.3 Å². The number of hydrogen-bond acceptors (Lipinski definition) is 7. The molecule has 154 valence electrons. The lowest BCUT2D eigenvalue weighted by molar-refractivity contribution is -0.159. The first-order chi connectivity index (χ1) is 12.6. The van der Waals surface area contributed by atoms with Crippen molar-refractivity contribution >= 4 is 22.3 Å². The number of carbonyl (C=O) groups is 2. The van der Waals surface area contributed by atoms with Gasteiger partial charge in [0.05, 0.1) is 13.2 Å². The predicted molar refractivity (Wildman–Crippen MR) is 83.5 cm³/mol. The van der Waals surface area contributed by atoms with Crippen LogP contribution in [0.25, 0.3) is 0 Å². The summed E-state index contributed by atoms with van der Waals surface area (Å²) < 4.78 is 62.9. The highest BCUT2D eigenvalue weighted by molar-refractivity contribution is 7.80. The number of piperidine rings is 2. The van der Waals surface area contributed by atoms with Crippen molar-refractivity contribution in [3.8, 4) is 0 Å². The summed E-state index contributed by atoms with van der Waals surface area (Å²) in [5, 5.41) is 3.07. The van der Waals surface area contributed by atoms with Crippen molar-refractivity contribution in [1.82, 2.24) is 20.8 Å². The Balaban J connectivity index is 1.62. The quantitative estimate of drug-likeness (QED) is 0.388. The van der Waals surface area contributed by atoms with Gasteiger partial charge in [-0.2, -0.15) is 13.5 Å². The van der Waals surface area contributed by atoms with Gasteiger partial charge in [-0.25, -0.2) is 19.1 Å². The number of nitrogens with zero attached hydrogens (tertiary/aromatic N) is 2. The van der Waals surface area contributed by atoms with Gasteiger partial charge in [-0.15, -0.1) is 4.28 Å². The molecule has 0 aromatic carbocycles. The van der Waals surface area contributed by atoms with E-state index in [2.05, 4.69) is 15.1 Å². The van der Waals surface area contributed by atoms with Gasteiger partial charge >= 0.3 is 16.4 Å². The summed E-state index contributed by atoms with van der Waals surface area (Å²) in [6.45, 7) is 0.330. The third-order valence-corrected chi connectivity index (χ3v) is 5.11. The molecule has 0 aliphatic carbocycles. The smallest absolute Gasteiger partial charge is 0.312 e. The van der Waals surface area contributed by atoms with Gasteiger partial charge in [-0.3, -0.25) is 14.2 Å². The van der Waals surface area contributed by atoms with Crippen molar-refractivity contribution in [2.75, 3.05) is 19.7 Å². The lowest BCUT2D eigenvalue weighted by Crippen LogP contribution is -2.56. The van der Waals surface area contributed by atoms with Crippen LogP contribution in [-0.2, 0) is 24.3 Å². The first kappa shape index (κ1) is 20.1. The average Bonchev–Trinajstić information content (AvgIpc) is 2.86. The number of nitrogens with one attached hydrogen (secondary N) is 2. The number of halogens is 2. The molecular weight excluding hydrogens is 394 g/mol. The molecule has 3 amide bonds. The molecule has 0 aromatic rings. The molecule has 0 aromatic heterocycles. The molecule has 0 spiro atoms. The van der Waals surface area contributed by atoms with Gasteiger partial charge in [0.25, 0.3) is 11.8 Å². The standard InChI is InChI=1S/C13H20F2N4O7S/c14-13(15)5-9(11(20)17-25-7-8-3-1-2-4-16-8)18-6-10(13)19(12(18)21)26-27(22,23)24/h8-10,16H,1-7H2,(H,17,20)(H,22,23,24). The van der Waals surface area contributed by atoms with Crippen LogP contribution in [0.2, 0.25) is 0 Å². The third-order valence-electron chi connectivity index (χ3n) is 4.76. The maximum atomic E-state index is 14.3. The maximum Gasteiger partial charge on any atom is 0.418 e. The highest BCUT2D eigenvalue weighted by atomic mass is 32.3. The zero-order valence-corrected chi connectivity index (χ0v) is 15.0. The van der Waals surface area contributed by atoms with Crippen LogP contribution in [0.5, 0.6) is 0 Å². The lowest BCUT2D eigenvalue weighted by Gasteiger charge is -2.34. The Morgan fingerprint density at radius 1 is 1.41 bits per heavy atom. The van der Waals surface area contributed by atoms with Crippen LogP contribution in [0.3, 0.4) is 0 Å². The summed E-state index contributed by atoms with van der Waals surface area (Å²) in [5.74, 6) is -4.56. The van der Waals surface area contributed by atoms with Crippen molar-refractivity contribution in [2.24, 2.45) is 0 Å². The summed E-state index contributed by atoms with van der Waals surface area (Å²) >= 11 is 0. The van der Waals surface area contributed by atoms with Gasteiger partial charge in [-0.05, 0) is 19.4 Å². The Labute approximate surface area is 153 Å². The van der Waals surface area contributed by atoms with Gasteiger partial charge in [0, 0.05) is 12.5 Å². The largest absolute Gasteiger partial charge is 0.418 e. The number of alkyl halides is 2. The molecule has 11 nitrogen and oxygen atoms in total. The fourth-order valence-corrected chi connectivity index (χ4v) is 3.81. The monoisotopic (exact) mass is 414 g/mol. The van der Waals surface area contributed by atoms with Gasteiger partial charge in [-0.1, -0.05) is 6.42 Å². The average molecular weight is 414 g/mol. The van der Waals surface area contributed by atoms with Crippen molar-refractivity contribution in [3.05, 3.63) is 0 Å². The highest BCUT2D eigenvalue weighted by Gasteiger charge is 2.62. The van der Waals surface area contributed by atoms with Gasteiger partial charge in [0.1, 0.15) is 12.1 Å². The molecule has 3 N–H and O–H groups in total. The third kappa shape index (κ3) is 4.45. The van der Waals surface area contributed by atoms with Crippen LogP contribution in [0, 0.1) is 0 Å². The molecule has 2 bridgehead atoms. The van der Waals surface area contributed by atoms with Crippen molar-refractivity contribution in [1.29, 1.82) is 0 Å². The van der Waals surface area contributed by atoms with Crippen LogP contribution in [0.15, 0.2) is 0 Å². The van der Waals surface area contributed by atoms with Gasteiger partial charge < -0.3 is 10.2 Å². The maximum absolute atomic E-state index is 14.3. The lowest BCUT2D eigenvalue weighted by atomic mass is 9.96. The molecule has 3 aliphatic heterocycles. The summed E-state index contributed by atoms with van der Waals surface area (Å²) in [6.07, 6.45) is 1.87. The normalized spacial score (nSPS) is 30.5. The van der Waals surface area contributed by atoms with E-state index in [4.69, 9.17) is 9.39 Å². The number of amides is 3. The van der Waals surface area contributed by atoms with Crippen LogP contribution < -0.4 is 10.8 Å². The molecule has 3 unspecified atom stereocenters. The van der Waals surface area contributed by atoms with Crippen LogP contribution >= 0.6 is 0 Å². The summed E-state index contributed by atoms with van der Waals surface area (Å²) in [6, 6.07) is -4.74. The van der Waals surface area contributed by atoms with Gasteiger partial charge in [0.15, 0.2) is 0 Å². The van der Waals surface area contributed by atoms with Crippen LogP contribution in [0.4, 0.5) is 13.6 Å². The Kier molecular flexibility index (Phi) is 5.54. The second-order valence-corrected chi connectivity index (χ2v) is 7.69. The van der Waals surface area contributed by atoms with Crippen molar-refractivity contribution < 1.29 is 40.5 Å². The molecule has 3 fully saturated rings. The second kappa shape index (κ2) is 7.43. The summed E-state index contributed by atoms with van der Waals surface area (Å²) in [7, 11) is -5.18. The molecule has 0 saturated carbocycles. The molecule has 3 saturated heterocycles. The molecule has 3 aliphatic rings. The molecule has 27 heavy (non-hydrogen) atoms. The van der Waals surface area contributed by atoms with Crippen LogP contribution in [-0.4, -0.2) is 78.6 Å². The molecule has 14 heteroatoms. The Hall–Kier alpha value is -1.61. The van der Waals surface area contributed by atoms with E-state index in [-0.39, 0.29) is 17.7 Å². The first-order valence-electron chi connectivity index (χ1n) is 8.38. The van der Waals surface area contributed by atoms with E-state index in [1.165, 1.54) is 0 Å². The van der Waals surface area contributed by atoms with E-state index in [0.717, 1.165) is 30.7 Å². The molecular formula is C13H20F2N4O7S. The Morgan fingerprint density at radius 3 is 2.78 bits per heavy atom. The number of fused-ring (bicyclic) bond motifs is 2. The Morgan fingerprint density at radius 2 is 2.15 bits per heavy atom. The molecule has 3 atom stereocenters. The minimum atomic E-state index is -5.18. The number of carbonyl (C=O) groups excluding carboxylic acids is 2. The first-order valence-corrected chi connectivity index (χ1v) is 9.75. The summed E-state index contributed by atoms with van der Waals surface area (Å²) in [4.78, 5) is 30.3. The topological polar surface area (TPSA) is 138 Å². The van der Waals surface area contributed by atoms with E-state index in [9.17, 15) is 26.8 Å². The number of hydrogen-bond donors (Lipinski definition) is 3. The second-order valence-electron chi connectivity index (χ2n) is 6.68. The minimum absolute atomic E-state index is 0.0308. The van der Waals surface area contributed by atoms with E-state index in [0.29, 0.717) is 0 Å². The number of urea groups is 1. The van der Waals surface area contributed by atoms with E-state index in [1.54, 1.807) is 0 Å². The molecule has 0 radical (unpaired) electrons. The zero-order chi connectivity index (χ0) is 19.8. The fourth-order valence-electron chi connectivity index (χ4n) is 3.44.